The van der Waals surface area contributed by atoms with Crippen molar-refractivity contribution in [3.05, 3.63) is 56.5 Å². The molecule has 0 saturated heterocycles. The third kappa shape index (κ3) is 3.06. The maximum absolute atomic E-state index is 12.7. The lowest BCUT2D eigenvalue weighted by Gasteiger charge is -2.12. The quantitative estimate of drug-likeness (QED) is 0.735. The summed E-state index contributed by atoms with van der Waals surface area (Å²) < 4.78 is 11.2. The predicted octanol–water partition coefficient (Wildman–Crippen LogP) is 4.66. The number of ether oxygens (including phenoxy) is 2. The Hall–Kier alpha value is -1.52. The van der Waals surface area contributed by atoms with Crippen molar-refractivity contribution in [3.8, 4) is 11.5 Å². The Morgan fingerprint density at radius 2 is 1.71 bits per heavy atom. The Balaban J connectivity index is 2.56. The topological polar surface area (TPSA) is 35.5 Å². The molecule has 2 aromatic carbocycles. The predicted molar refractivity (Wildman–Crippen MR) is 86.9 cm³/mol. The van der Waals surface area contributed by atoms with Gasteiger partial charge >= 0.3 is 0 Å². The van der Waals surface area contributed by atoms with Gasteiger partial charge in [0.25, 0.3) is 0 Å². The van der Waals surface area contributed by atoms with E-state index in [1.54, 1.807) is 18.2 Å². The Labute approximate surface area is 137 Å². The van der Waals surface area contributed by atoms with Crippen LogP contribution in [-0.2, 0) is 0 Å². The molecule has 2 aromatic rings. The molecule has 0 heterocycles. The molecule has 5 heteroatoms. The third-order valence-electron chi connectivity index (χ3n) is 3.15. The molecule has 0 aromatic heterocycles. The minimum absolute atomic E-state index is 0.170. The van der Waals surface area contributed by atoms with Crippen LogP contribution in [0.4, 0.5) is 0 Å². The second kappa shape index (κ2) is 6.50. The summed E-state index contributed by atoms with van der Waals surface area (Å²) in [5.74, 6) is 0.785. The van der Waals surface area contributed by atoms with E-state index in [0.717, 1.165) is 10.0 Å². The average molecular weight is 370 g/mol. The lowest BCUT2D eigenvalue weighted by atomic mass is 10.0. The number of carbonyl (C=O) groups is 1. The summed E-state index contributed by atoms with van der Waals surface area (Å²) in [5, 5.41) is 0.325. The highest BCUT2D eigenvalue weighted by Crippen LogP contribution is 2.35. The molecule has 0 atom stereocenters. The number of ketones is 1. The number of rotatable bonds is 4. The summed E-state index contributed by atoms with van der Waals surface area (Å²) in [4.78, 5) is 12.7. The van der Waals surface area contributed by atoms with E-state index < -0.39 is 0 Å². The SMILES string of the molecule is COc1cc(Cl)c(C(=O)c2cccc(C)c2Br)cc1OC. The molecule has 0 radical (unpaired) electrons. The number of halogens is 2. The number of aryl methyl sites for hydroxylation is 1. The van der Waals surface area contributed by atoms with Crippen LogP contribution in [0, 0.1) is 6.92 Å². The van der Waals surface area contributed by atoms with Crippen molar-refractivity contribution in [2.45, 2.75) is 6.92 Å². The summed E-state index contributed by atoms with van der Waals surface area (Å²) in [7, 11) is 3.04. The molecule has 110 valence electrons. The lowest BCUT2D eigenvalue weighted by molar-refractivity contribution is 0.103. The monoisotopic (exact) mass is 368 g/mol. The zero-order valence-electron chi connectivity index (χ0n) is 11.9. The fraction of sp³-hybridized carbons (Fsp3) is 0.188. The Morgan fingerprint density at radius 3 is 2.33 bits per heavy atom. The molecule has 0 saturated carbocycles. The first-order chi connectivity index (χ1) is 9.99. The molecule has 2 rings (SSSR count). The Bertz CT molecular complexity index is 698. The van der Waals surface area contributed by atoms with E-state index in [0.29, 0.717) is 27.6 Å². The molecule has 0 spiro atoms. The van der Waals surface area contributed by atoms with Crippen LogP contribution in [-0.4, -0.2) is 20.0 Å². The van der Waals surface area contributed by atoms with E-state index in [-0.39, 0.29) is 5.78 Å². The molecule has 0 N–H and O–H groups in total. The van der Waals surface area contributed by atoms with Crippen molar-refractivity contribution in [3.63, 3.8) is 0 Å². The van der Waals surface area contributed by atoms with Crippen molar-refractivity contribution >= 4 is 33.3 Å². The third-order valence-corrected chi connectivity index (χ3v) is 4.52. The molecule has 3 nitrogen and oxygen atoms in total. The van der Waals surface area contributed by atoms with Gasteiger partial charge in [0.05, 0.1) is 19.2 Å². The number of benzene rings is 2. The maximum Gasteiger partial charge on any atom is 0.195 e. The molecular formula is C16H14BrClO3. The van der Waals surface area contributed by atoms with E-state index in [9.17, 15) is 4.79 Å². The zero-order valence-corrected chi connectivity index (χ0v) is 14.2. The van der Waals surface area contributed by atoms with Gasteiger partial charge in [0.2, 0.25) is 0 Å². The van der Waals surface area contributed by atoms with Crippen LogP contribution >= 0.6 is 27.5 Å². The summed E-state index contributed by atoms with van der Waals surface area (Å²) in [6, 6.07) is 8.70. The molecule has 0 aliphatic heterocycles. The van der Waals surface area contributed by atoms with Crippen LogP contribution in [0.3, 0.4) is 0 Å². The van der Waals surface area contributed by atoms with Gasteiger partial charge in [0.15, 0.2) is 17.3 Å². The van der Waals surface area contributed by atoms with Crippen molar-refractivity contribution in [1.29, 1.82) is 0 Å². The first-order valence-corrected chi connectivity index (χ1v) is 7.38. The van der Waals surface area contributed by atoms with Crippen molar-refractivity contribution in [1.82, 2.24) is 0 Å². The molecule has 0 aliphatic carbocycles. The maximum atomic E-state index is 12.7. The van der Waals surface area contributed by atoms with Gasteiger partial charge in [-0.2, -0.15) is 0 Å². The van der Waals surface area contributed by atoms with Crippen LogP contribution in [0.1, 0.15) is 21.5 Å². The highest BCUT2D eigenvalue weighted by molar-refractivity contribution is 9.10. The molecule has 0 amide bonds. The fourth-order valence-electron chi connectivity index (χ4n) is 2.00. The van der Waals surface area contributed by atoms with E-state index in [1.807, 2.05) is 19.1 Å². The van der Waals surface area contributed by atoms with Crippen LogP contribution in [0.15, 0.2) is 34.8 Å². The minimum Gasteiger partial charge on any atom is -0.493 e. The number of hydrogen-bond acceptors (Lipinski definition) is 3. The first kappa shape index (κ1) is 15.9. The minimum atomic E-state index is -0.170. The normalized spacial score (nSPS) is 10.3. The van der Waals surface area contributed by atoms with Gasteiger partial charge in [0, 0.05) is 21.7 Å². The highest BCUT2D eigenvalue weighted by Gasteiger charge is 2.19. The van der Waals surface area contributed by atoms with E-state index >= 15 is 0 Å². The Morgan fingerprint density at radius 1 is 1.10 bits per heavy atom. The second-order valence-corrected chi connectivity index (χ2v) is 5.65. The van der Waals surface area contributed by atoms with Gasteiger partial charge in [0.1, 0.15) is 0 Å². The highest BCUT2D eigenvalue weighted by atomic mass is 79.9. The molecule has 21 heavy (non-hydrogen) atoms. The number of carbonyl (C=O) groups excluding carboxylic acids is 1. The summed E-state index contributed by atoms with van der Waals surface area (Å²) in [5.41, 5.74) is 1.92. The van der Waals surface area contributed by atoms with Gasteiger partial charge in [-0.05, 0) is 40.5 Å². The van der Waals surface area contributed by atoms with E-state index in [1.165, 1.54) is 14.2 Å². The van der Waals surface area contributed by atoms with Crippen LogP contribution in [0.25, 0.3) is 0 Å². The molecule has 0 bridgehead atoms. The van der Waals surface area contributed by atoms with Crippen LogP contribution < -0.4 is 9.47 Å². The van der Waals surface area contributed by atoms with Gasteiger partial charge in [-0.25, -0.2) is 0 Å². The second-order valence-electron chi connectivity index (χ2n) is 4.45. The summed E-state index contributed by atoms with van der Waals surface area (Å²) in [6.07, 6.45) is 0. The van der Waals surface area contributed by atoms with Gasteiger partial charge in [-0.1, -0.05) is 23.7 Å². The summed E-state index contributed by atoms with van der Waals surface area (Å²) >= 11 is 9.65. The fourth-order valence-corrected chi connectivity index (χ4v) is 2.68. The summed E-state index contributed by atoms with van der Waals surface area (Å²) in [6.45, 7) is 1.93. The molecule has 0 aliphatic rings. The average Bonchev–Trinajstić information content (AvgIpc) is 2.49. The van der Waals surface area contributed by atoms with Gasteiger partial charge < -0.3 is 9.47 Å². The van der Waals surface area contributed by atoms with E-state index in [4.69, 9.17) is 21.1 Å². The Kier molecular flexibility index (Phi) is 4.91. The standard InChI is InChI=1S/C16H14BrClO3/c1-9-5-4-6-10(15(9)17)16(19)11-7-13(20-2)14(21-3)8-12(11)18/h4-8H,1-3H3. The molecular weight excluding hydrogens is 356 g/mol. The lowest BCUT2D eigenvalue weighted by Crippen LogP contribution is -2.05. The van der Waals surface area contributed by atoms with Crippen molar-refractivity contribution in [2.24, 2.45) is 0 Å². The molecule has 0 unspecified atom stereocenters. The van der Waals surface area contributed by atoms with Crippen LogP contribution in [0.5, 0.6) is 11.5 Å². The van der Waals surface area contributed by atoms with Crippen molar-refractivity contribution in [2.75, 3.05) is 14.2 Å². The van der Waals surface area contributed by atoms with Gasteiger partial charge in [-0.15, -0.1) is 0 Å². The molecule has 0 fully saturated rings. The van der Waals surface area contributed by atoms with Crippen molar-refractivity contribution < 1.29 is 14.3 Å². The van der Waals surface area contributed by atoms with E-state index in [2.05, 4.69) is 15.9 Å². The first-order valence-electron chi connectivity index (χ1n) is 6.21. The number of hydrogen-bond donors (Lipinski definition) is 0. The van der Waals surface area contributed by atoms with Gasteiger partial charge in [-0.3, -0.25) is 4.79 Å². The largest absolute Gasteiger partial charge is 0.493 e. The zero-order chi connectivity index (χ0) is 15.6. The number of methoxy groups -OCH3 is 2. The smallest absolute Gasteiger partial charge is 0.195 e. The van der Waals surface area contributed by atoms with Crippen LogP contribution in [0.2, 0.25) is 5.02 Å².